The number of amides is 1. The quantitative estimate of drug-likeness (QED) is 0.856. The minimum absolute atomic E-state index is 0. The molecule has 0 spiro atoms. The van der Waals surface area contributed by atoms with E-state index in [1.165, 1.54) is 0 Å². The molecule has 2 N–H and O–H groups in total. The highest BCUT2D eigenvalue weighted by Crippen LogP contribution is 2.20. The molecule has 1 aromatic carbocycles. The van der Waals surface area contributed by atoms with Crippen molar-refractivity contribution >= 4 is 34.2 Å². The number of halogens is 2. The van der Waals surface area contributed by atoms with E-state index in [2.05, 4.69) is 26.2 Å². The van der Waals surface area contributed by atoms with Crippen molar-refractivity contribution in [3.8, 4) is 5.69 Å². The van der Waals surface area contributed by atoms with Gasteiger partial charge in [0, 0.05) is 17.6 Å². The summed E-state index contributed by atoms with van der Waals surface area (Å²) in [6.07, 6.45) is 0.959. The van der Waals surface area contributed by atoms with Gasteiger partial charge in [-0.25, -0.2) is 4.68 Å². The Kier molecular flexibility index (Phi) is 5.78. The van der Waals surface area contributed by atoms with Crippen molar-refractivity contribution in [2.24, 2.45) is 11.7 Å². The average molecular weight is 401 g/mol. The summed E-state index contributed by atoms with van der Waals surface area (Å²) in [4.78, 5) is 14.4. The van der Waals surface area contributed by atoms with Crippen molar-refractivity contribution < 1.29 is 4.79 Å². The summed E-state index contributed by atoms with van der Waals surface area (Å²) in [7, 11) is 0. The molecule has 0 bridgehead atoms. The molecule has 1 atom stereocenters. The van der Waals surface area contributed by atoms with Crippen molar-refractivity contribution in [1.82, 2.24) is 19.9 Å². The predicted octanol–water partition coefficient (Wildman–Crippen LogP) is 2.18. The molecule has 1 aliphatic heterocycles. The lowest BCUT2D eigenvalue weighted by atomic mass is 10.1. The first-order valence-corrected chi connectivity index (χ1v) is 8.07. The Hall–Kier alpha value is -1.44. The van der Waals surface area contributed by atoms with Gasteiger partial charge in [0.25, 0.3) is 5.91 Å². The number of likely N-dealkylation sites (tertiary alicyclic amines) is 1. The zero-order valence-corrected chi connectivity index (χ0v) is 15.2. The van der Waals surface area contributed by atoms with Gasteiger partial charge in [0.1, 0.15) is 0 Å². The van der Waals surface area contributed by atoms with Crippen LogP contribution in [0.5, 0.6) is 0 Å². The number of aromatic nitrogens is 3. The van der Waals surface area contributed by atoms with Gasteiger partial charge in [-0.05, 0) is 44.0 Å². The number of nitrogens with zero attached hydrogens (tertiary/aromatic N) is 4. The van der Waals surface area contributed by atoms with E-state index in [9.17, 15) is 4.79 Å². The molecule has 1 unspecified atom stereocenters. The Morgan fingerprint density at radius 1 is 1.48 bits per heavy atom. The maximum atomic E-state index is 12.6. The molecule has 1 aliphatic rings. The van der Waals surface area contributed by atoms with E-state index in [0.717, 1.165) is 28.8 Å². The van der Waals surface area contributed by atoms with Crippen LogP contribution in [-0.4, -0.2) is 45.4 Å². The van der Waals surface area contributed by atoms with Crippen LogP contribution in [0.4, 0.5) is 0 Å². The number of nitrogens with two attached hydrogens (primary N) is 1. The standard InChI is InChI=1S/C15H18BrN5O.ClH/c1-10-14(15(22)20-6-5-11(8-17)9-20)18-19-21(10)13-4-2-3-12(16)7-13;/h2-4,7,11H,5-6,8-9,17H2,1H3;1H. The monoisotopic (exact) mass is 399 g/mol. The fraction of sp³-hybridized carbons (Fsp3) is 0.400. The number of hydrogen-bond acceptors (Lipinski definition) is 4. The molecule has 3 rings (SSSR count). The van der Waals surface area contributed by atoms with Crippen LogP contribution >= 0.6 is 28.3 Å². The SMILES string of the molecule is Cc1c(C(=O)N2CCC(CN)C2)nnn1-c1cccc(Br)c1.Cl. The number of rotatable bonds is 3. The molecule has 8 heteroatoms. The maximum Gasteiger partial charge on any atom is 0.276 e. The number of benzene rings is 1. The Morgan fingerprint density at radius 2 is 2.26 bits per heavy atom. The van der Waals surface area contributed by atoms with Crippen LogP contribution in [0.1, 0.15) is 22.6 Å². The largest absolute Gasteiger partial charge is 0.337 e. The minimum Gasteiger partial charge on any atom is -0.337 e. The Balaban J connectivity index is 0.00000192. The van der Waals surface area contributed by atoms with Crippen molar-refractivity contribution in [2.45, 2.75) is 13.3 Å². The fourth-order valence-corrected chi connectivity index (χ4v) is 3.13. The topological polar surface area (TPSA) is 77.0 Å². The molecular formula is C15H19BrClN5O. The smallest absolute Gasteiger partial charge is 0.276 e. The Labute approximate surface area is 149 Å². The van der Waals surface area contributed by atoms with Crippen LogP contribution < -0.4 is 5.73 Å². The van der Waals surface area contributed by atoms with Gasteiger partial charge >= 0.3 is 0 Å². The molecule has 0 aliphatic carbocycles. The summed E-state index contributed by atoms with van der Waals surface area (Å²) < 4.78 is 2.65. The first-order valence-electron chi connectivity index (χ1n) is 7.27. The highest BCUT2D eigenvalue weighted by atomic mass is 79.9. The summed E-state index contributed by atoms with van der Waals surface area (Å²) in [5.41, 5.74) is 7.72. The second-order valence-corrected chi connectivity index (χ2v) is 6.47. The molecule has 23 heavy (non-hydrogen) atoms. The van der Waals surface area contributed by atoms with Crippen LogP contribution in [0.2, 0.25) is 0 Å². The Morgan fingerprint density at radius 3 is 2.91 bits per heavy atom. The molecule has 1 amide bonds. The van der Waals surface area contributed by atoms with Gasteiger partial charge in [0.15, 0.2) is 5.69 Å². The van der Waals surface area contributed by atoms with E-state index in [1.807, 2.05) is 36.1 Å². The van der Waals surface area contributed by atoms with Gasteiger partial charge in [-0.1, -0.05) is 27.2 Å². The highest BCUT2D eigenvalue weighted by molar-refractivity contribution is 9.10. The lowest BCUT2D eigenvalue weighted by Gasteiger charge is -2.15. The molecule has 2 aromatic rings. The van der Waals surface area contributed by atoms with E-state index in [-0.39, 0.29) is 18.3 Å². The zero-order chi connectivity index (χ0) is 15.7. The summed E-state index contributed by atoms with van der Waals surface area (Å²) >= 11 is 3.44. The van der Waals surface area contributed by atoms with Crippen LogP contribution in [0.25, 0.3) is 5.69 Å². The maximum absolute atomic E-state index is 12.6. The summed E-state index contributed by atoms with van der Waals surface area (Å²) in [5, 5.41) is 8.22. The van der Waals surface area contributed by atoms with Gasteiger partial charge < -0.3 is 10.6 Å². The van der Waals surface area contributed by atoms with Crippen molar-refractivity contribution in [3.63, 3.8) is 0 Å². The summed E-state index contributed by atoms with van der Waals surface area (Å²) in [6, 6.07) is 7.74. The summed E-state index contributed by atoms with van der Waals surface area (Å²) in [5.74, 6) is 0.332. The first-order chi connectivity index (χ1) is 10.6. The third kappa shape index (κ3) is 3.57. The zero-order valence-electron chi connectivity index (χ0n) is 12.8. The van der Waals surface area contributed by atoms with Crippen LogP contribution in [0.15, 0.2) is 28.7 Å². The van der Waals surface area contributed by atoms with E-state index < -0.39 is 0 Å². The van der Waals surface area contributed by atoms with Gasteiger partial charge in [0.2, 0.25) is 0 Å². The predicted molar refractivity (Wildman–Crippen MR) is 94.1 cm³/mol. The van der Waals surface area contributed by atoms with E-state index in [4.69, 9.17) is 5.73 Å². The van der Waals surface area contributed by atoms with Gasteiger partial charge in [0.05, 0.1) is 11.4 Å². The van der Waals surface area contributed by atoms with Crippen LogP contribution in [0, 0.1) is 12.8 Å². The van der Waals surface area contributed by atoms with E-state index in [0.29, 0.717) is 24.7 Å². The van der Waals surface area contributed by atoms with E-state index >= 15 is 0 Å². The van der Waals surface area contributed by atoms with Crippen LogP contribution in [0.3, 0.4) is 0 Å². The van der Waals surface area contributed by atoms with Crippen molar-refractivity contribution in [1.29, 1.82) is 0 Å². The van der Waals surface area contributed by atoms with Crippen LogP contribution in [-0.2, 0) is 0 Å². The molecule has 124 valence electrons. The highest BCUT2D eigenvalue weighted by Gasteiger charge is 2.29. The molecular weight excluding hydrogens is 382 g/mol. The van der Waals surface area contributed by atoms with Crippen molar-refractivity contribution in [3.05, 3.63) is 40.1 Å². The second kappa shape index (κ2) is 7.42. The molecule has 2 heterocycles. The minimum atomic E-state index is -0.0605. The third-order valence-electron chi connectivity index (χ3n) is 4.06. The first kappa shape index (κ1) is 17.9. The van der Waals surface area contributed by atoms with Gasteiger partial charge in [-0.2, -0.15) is 0 Å². The van der Waals surface area contributed by atoms with Gasteiger partial charge in [-0.15, -0.1) is 17.5 Å². The molecule has 1 fully saturated rings. The van der Waals surface area contributed by atoms with Crippen molar-refractivity contribution in [2.75, 3.05) is 19.6 Å². The van der Waals surface area contributed by atoms with E-state index in [1.54, 1.807) is 4.68 Å². The third-order valence-corrected chi connectivity index (χ3v) is 4.55. The number of hydrogen-bond donors (Lipinski definition) is 1. The molecule has 0 radical (unpaired) electrons. The molecule has 1 aromatic heterocycles. The molecule has 0 saturated carbocycles. The van der Waals surface area contributed by atoms with Gasteiger partial charge in [-0.3, -0.25) is 4.79 Å². The average Bonchev–Trinajstić information content (AvgIpc) is 3.13. The fourth-order valence-electron chi connectivity index (χ4n) is 2.74. The second-order valence-electron chi connectivity index (χ2n) is 5.56. The lowest BCUT2D eigenvalue weighted by Crippen LogP contribution is -2.30. The Bertz CT molecular complexity index is 705. The number of carbonyl (C=O) groups excluding carboxylic acids is 1. The normalized spacial score (nSPS) is 17.2. The molecule has 6 nitrogen and oxygen atoms in total. The summed E-state index contributed by atoms with van der Waals surface area (Å²) in [6.45, 7) is 3.93. The lowest BCUT2D eigenvalue weighted by molar-refractivity contribution is 0.0781. The number of carbonyl (C=O) groups is 1. The molecule has 1 saturated heterocycles.